The molecule has 1 aromatic rings. The van der Waals surface area contributed by atoms with Crippen molar-refractivity contribution in [2.45, 2.75) is 25.6 Å². The maximum atomic E-state index is 8.97. The Morgan fingerprint density at radius 2 is 2.62 bits per heavy atom. The lowest BCUT2D eigenvalue weighted by atomic mass is 10.2. The lowest BCUT2D eigenvalue weighted by Crippen LogP contribution is -1.99. The molecule has 1 saturated heterocycles. The van der Waals surface area contributed by atoms with E-state index in [0.717, 1.165) is 30.8 Å². The molecule has 0 spiro atoms. The van der Waals surface area contributed by atoms with E-state index in [-0.39, 0.29) is 12.7 Å². The van der Waals surface area contributed by atoms with Crippen LogP contribution in [0.2, 0.25) is 0 Å². The second-order valence-corrected chi connectivity index (χ2v) is 3.34. The van der Waals surface area contributed by atoms with Gasteiger partial charge in [0.25, 0.3) is 0 Å². The molecule has 4 heteroatoms. The van der Waals surface area contributed by atoms with Crippen LogP contribution in [-0.2, 0) is 18.4 Å². The smallest absolute Gasteiger partial charge is 0.101 e. The molecule has 0 bridgehead atoms. The van der Waals surface area contributed by atoms with E-state index < -0.39 is 0 Å². The number of aromatic nitrogens is 2. The minimum absolute atomic E-state index is 0.0379. The molecule has 2 rings (SSSR count). The van der Waals surface area contributed by atoms with Gasteiger partial charge in [0.15, 0.2) is 0 Å². The van der Waals surface area contributed by atoms with E-state index in [2.05, 4.69) is 5.10 Å². The summed E-state index contributed by atoms with van der Waals surface area (Å²) in [5.41, 5.74) is 1.79. The Balaban J connectivity index is 2.20. The zero-order chi connectivity index (χ0) is 9.26. The number of hydrogen-bond acceptors (Lipinski definition) is 3. The van der Waals surface area contributed by atoms with E-state index in [9.17, 15) is 0 Å². The number of nitrogens with zero attached hydrogens (tertiary/aromatic N) is 2. The van der Waals surface area contributed by atoms with Crippen LogP contribution in [0, 0.1) is 0 Å². The molecule has 1 fully saturated rings. The van der Waals surface area contributed by atoms with E-state index >= 15 is 0 Å². The normalized spacial score (nSPS) is 22.5. The first-order chi connectivity index (χ1) is 6.31. The summed E-state index contributed by atoms with van der Waals surface area (Å²) in [5, 5.41) is 13.3. The van der Waals surface area contributed by atoms with Crippen molar-refractivity contribution in [1.82, 2.24) is 9.78 Å². The summed E-state index contributed by atoms with van der Waals surface area (Å²) >= 11 is 0. The van der Waals surface area contributed by atoms with Crippen molar-refractivity contribution < 1.29 is 9.84 Å². The number of aliphatic hydroxyl groups is 1. The molecule has 1 aromatic heterocycles. The SMILES string of the molecule is Cn1nc(C2CCCO2)cc1CO. The van der Waals surface area contributed by atoms with E-state index in [4.69, 9.17) is 9.84 Å². The van der Waals surface area contributed by atoms with Gasteiger partial charge in [0.05, 0.1) is 18.0 Å². The molecule has 0 aliphatic carbocycles. The fourth-order valence-corrected chi connectivity index (χ4v) is 1.65. The zero-order valence-electron chi connectivity index (χ0n) is 7.73. The molecule has 13 heavy (non-hydrogen) atoms. The summed E-state index contributed by atoms with van der Waals surface area (Å²) in [6.45, 7) is 0.867. The number of rotatable bonds is 2. The molecule has 0 radical (unpaired) electrons. The van der Waals surface area contributed by atoms with Gasteiger partial charge in [-0.2, -0.15) is 5.10 Å². The van der Waals surface area contributed by atoms with Crippen molar-refractivity contribution >= 4 is 0 Å². The standard InChI is InChI=1S/C9H14N2O2/c1-11-7(6-12)5-8(10-11)9-3-2-4-13-9/h5,9,12H,2-4,6H2,1H3. The fraction of sp³-hybridized carbons (Fsp3) is 0.667. The molecule has 1 atom stereocenters. The molecular formula is C9H14N2O2. The van der Waals surface area contributed by atoms with Gasteiger partial charge in [-0.25, -0.2) is 0 Å². The molecule has 1 unspecified atom stereocenters. The molecule has 0 saturated carbocycles. The van der Waals surface area contributed by atoms with Crippen LogP contribution in [0.25, 0.3) is 0 Å². The van der Waals surface area contributed by atoms with Gasteiger partial charge in [-0.3, -0.25) is 4.68 Å². The lowest BCUT2D eigenvalue weighted by Gasteiger charge is -2.03. The van der Waals surface area contributed by atoms with Crippen molar-refractivity contribution in [3.05, 3.63) is 17.5 Å². The van der Waals surface area contributed by atoms with E-state index in [1.54, 1.807) is 4.68 Å². The number of aryl methyl sites for hydroxylation is 1. The largest absolute Gasteiger partial charge is 0.390 e. The summed E-state index contributed by atoms with van der Waals surface area (Å²) in [6.07, 6.45) is 2.30. The van der Waals surface area contributed by atoms with Crippen molar-refractivity contribution in [1.29, 1.82) is 0 Å². The number of ether oxygens (including phenoxy) is 1. The molecule has 1 N–H and O–H groups in total. The molecule has 1 aliphatic heterocycles. The van der Waals surface area contributed by atoms with Gasteiger partial charge >= 0.3 is 0 Å². The van der Waals surface area contributed by atoms with Crippen LogP contribution in [0.15, 0.2) is 6.07 Å². The van der Waals surface area contributed by atoms with Crippen LogP contribution < -0.4 is 0 Å². The first-order valence-corrected chi connectivity index (χ1v) is 4.56. The quantitative estimate of drug-likeness (QED) is 0.734. The second-order valence-electron chi connectivity index (χ2n) is 3.34. The summed E-state index contributed by atoms with van der Waals surface area (Å²) in [4.78, 5) is 0. The van der Waals surface area contributed by atoms with Gasteiger partial charge in [0.2, 0.25) is 0 Å². The van der Waals surface area contributed by atoms with Crippen LogP contribution in [-0.4, -0.2) is 21.5 Å². The first-order valence-electron chi connectivity index (χ1n) is 4.56. The summed E-state index contributed by atoms with van der Waals surface area (Å²) in [7, 11) is 1.84. The highest BCUT2D eigenvalue weighted by Gasteiger charge is 2.20. The monoisotopic (exact) mass is 182 g/mol. The highest BCUT2D eigenvalue weighted by atomic mass is 16.5. The van der Waals surface area contributed by atoms with Gasteiger partial charge in [-0.05, 0) is 18.9 Å². The second kappa shape index (κ2) is 3.47. The van der Waals surface area contributed by atoms with Crippen molar-refractivity contribution in [2.24, 2.45) is 7.05 Å². The molecular weight excluding hydrogens is 168 g/mol. The molecule has 0 aromatic carbocycles. The Morgan fingerprint density at radius 1 is 1.77 bits per heavy atom. The molecule has 4 nitrogen and oxygen atoms in total. The summed E-state index contributed by atoms with van der Waals surface area (Å²) in [5.74, 6) is 0. The Hall–Kier alpha value is -0.870. The molecule has 1 aliphatic rings. The molecule has 2 heterocycles. The molecule has 0 amide bonds. The minimum atomic E-state index is 0.0379. The third kappa shape index (κ3) is 1.59. The van der Waals surface area contributed by atoms with Crippen molar-refractivity contribution in [3.8, 4) is 0 Å². The number of hydrogen-bond donors (Lipinski definition) is 1. The van der Waals surface area contributed by atoms with E-state index in [1.807, 2.05) is 13.1 Å². The van der Waals surface area contributed by atoms with Gasteiger partial charge in [0.1, 0.15) is 6.10 Å². The van der Waals surface area contributed by atoms with Gasteiger partial charge in [-0.15, -0.1) is 0 Å². The minimum Gasteiger partial charge on any atom is -0.390 e. The predicted molar refractivity (Wildman–Crippen MR) is 47.1 cm³/mol. The van der Waals surface area contributed by atoms with Crippen molar-refractivity contribution in [3.63, 3.8) is 0 Å². The lowest BCUT2D eigenvalue weighted by molar-refractivity contribution is 0.108. The maximum absolute atomic E-state index is 8.97. The van der Waals surface area contributed by atoms with E-state index in [1.165, 1.54) is 0 Å². The molecule has 72 valence electrons. The van der Waals surface area contributed by atoms with Crippen LogP contribution in [0.5, 0.6) is 0 Å². The first kappa shape index (κ1) is 8.72. The van der Waals surface area contributed by atoms with E-state index in [0.29, 0.717) is 0 Å². The summed E-state index contributed by atoms with van der Waals surface area (Å²) < 4.78 is 7.20. The Kier molecular flexibility index (Phi) is 2.33. The zero-order valence-corrected chi connectivity index (χ0v) is 7.73. The Bertz CT molecular complexity index is 290. The Labute approximate surface area is 77.1 Å². The number of aliphatic hydroxyl groups excluding tert-OH is 1. The third-order valence-electron chi connectivity index (χ3n) is 2.42. The average molecular weight is 182 g/mol. The maximum Gasteiger partial charge on any atom is 0.101 e. The highest BCUT2D eigenvalue weighted by molar-refractivity contribution is 5.12. The topological polar surface area (TPSA) is 47.3 Å². The van der Waals surface area contributed by atoms with Crippen LogP contribution in [0.1, 0.15) is 30.3 Å². The fourth-order valence-electron chi connectivity index (χ4n) is 1.65. The average Bonchev–Trinajstić information content (AvgIpc) is 2.71. The van der Waals surface area contributed by atoms with Gasteiger partial charge in [-0.1, -0.05) is 0 Å². The highest BCUT2D eigenvalue weighted by Crippen LogP contribution is 2.27. The predicted octanol–water partition coefficient (Wildman–Crippen LogP) is 0.764. The van der Waals surface area contributed by atoms with Crippen LogP contribution >= 0.6 is 0 Å². The van der Waals surface area contributed by atoms with Crippen LogP contribution in [0.4, 0.5) is 0 Å². The Morgan fingerprint density at radius 3 is 3.15 bits per heavy atom. The third-order valence-corrected chi connectivity index (χ3v) is 2.42. The van der Waals surface area contributed by atoms with Gasteiger partial charge in [0, 0.05) is 13.7 Å². The van der Waals surface area contributed by atoms with Gasteiger partial charge < -0.3 is 9.84 Å². The van der Waals surface area contributed by atoms with Crippen molar-refractivity contribution in [2.75, 3.05) is 6.61 Å². The van der Waals surface area contributed by atoms with Crippen LogP contribution in [0.3, 0.4) is 0 Å². The summed E-state index contributed by atoms with van der Waals surface area (Å²) in [6, 6.07) is 1.91.